The fourth-order valence-corrected chi connectivity index (χ4v) is 5.65. The van der Waals surface area contributed by atoms with Gasteiger partial charge in [0.1, 0.15) is 17.2 Å². The van der Waals surface area contributed by atoms with E-state index in [1.54, 1.807) is 11.3 Å². The average Bonchev–Trinajstić information content (AvgIpc) is 3.48. The van der Waals surface area contributed by atoms with Crippen LogP contribution in [0.2, 0.25) is 5.02 Å². The van der Waals surface area contributed by atoms with E-state index in [4.69, 9.17) is 22.3 Å². The fourth-order valence-electron chi connectivity index (χ4n) is 4.49. The number of nitrogens with zero attached hydrogens (tertiary/aromatic N) is 5. The summed E-state index contributed by atoms with van der Waals surface area (Å²) >= 11 is 8.13. The highest BCUT2D eigenvalue weighted by Crippen LogP contribution is 2.38. The van der Waals surface area contributed by atoms with Crippen LogP contribution in [0.5, 0.6) is 0 Å². The summed E-state index contributed by atoms with van der Waals surface area (Å²) in [6, 6.07) is 8.66. The molecule has 8 heteroatoms. The van der Waals surface area contributed by atoms with Crippen LogP contribution in [-0.4, -0.2) is 41.1 Å². The summed E-state index contributed by atoms with van der Waals surface area (Å²) in [6.45, 7) is 4.03. The van der Waals surface area contributed by atoms with Gasteiger partial charge >= 0.3 is 0 Å². The molecular formula is C22H25ClN6S. The molecule has 2 aromatic heterocycles. The van der Waals surface area contributed by atoms with E-state index in [0.717, 1.165) is 50.5 Å². The lowest BCUT2D eigenvalue weighted by molar-refractivity contribution is 0.505. The van der Waals surface area contributed by atoms with Crippen LogP contribution in [0.15, 0.2) is 36.0 Å². The van der Waals surface area contributed by atoms with E-state index in [1.807, 2.05) is 0 Å². The molecule has 4 heterocycles. The van der Waals surface area contributed by atoms with Gasteiger partial charge in [0.25, 0.3) is 0 Å². The zero-order chi connectivity index (χ0) is 20.5. The Morgan fingerprint density at radius 1 is 1.03 bits per heavy atom. The summed E-state index contributed by atoms with van der Waals surface area (Å²) in [7, 11) is 0. The number of piperidine rings is 1. The third kappa shape index (κ3) is 3.72. The molecule has 3 aromatic rings. The second-order valence-corrected chi connectivity index (χ2v) is 9.23. The van der Waals surface area contributed by atoms with Gasteiger partial charge in [-0.3, -0.25) is 0 Å². The smallest absolute Gasteiger partial charge is 0.153 e. The van der Waals surface area contributed by atoms with Crippen LogP contribution in [-0.2, 0) is 0 Å². The summed E-state index contributed by atoms with van der Waals surface area (Å²) in [5.41, 5.74) is 9.51. The van der Waals surface area contributed by atoms with Crippen LogP contribution in [0.3, 0.4) is 0 Å². The minimum atomic E-state index is 0.332. The molecule has 156 valence electrons. The van der Waals surface area contributed by atoms with Crippen molar-refractivity contribution in [2.24, 2.45) is 0 Å². The largest absolute Gasteiger partial charge is 0.382 e. The SMILES string of the molecule is Nc1ncnc(N2CCCC(c3nc(-c4ccccc4N4CCCC4)cs3)C2)c1Cl. The number of thiazole rings is 1. The lowest BCUT2D eigenvalue weighted by Gasteiger charge is -2.33. The van der Waals surface area contributed by atoms with Crippen LogP contribution >= 0.6 is 22.9 Å². The number of benzene rings is 1. The van der Waals surface area contributed by atoms with Crippen molar-refractivity contribution in [1.82, 2.24) is 15.0 Å². The summed E-state index contributed by atoms with van der Waals surface area (Å²) in [4.78, 5) is 18.1. The van der Waals surface area contributed by atoms with Gasteiger partial charge in [-0.05, 0) is 31.7 Å². The number of hydrogen-bond donors (Lipinski definition) is 1. The number of para-hydroxylation sites is 1. The van der Waals surface area contributed by atoms with Crippen LogP contribution in [0, 0.1) is 0 Å². The molecule has 2 saturated heterocycles. The van der Waals surface area contributed by atoms with Gasteiger partial charge in [-0.15, -0.1) is 11.3 Å². The number of nitrogen functional groups attached to an aromatic ring is 1. The summed E-state index contributed by atoms with van der Waals surface area (Å²) in [5, 5.41) is 3.83. The van der Waals surface area contributed by atoms with Gasteiger partial charge in [-0.25, -0.2) is 15.0 Å². The Hall–Kier alpha value is -2.38. The topological polar surface area (TPSA) is 71.2 Å². The highest BCUT2D eigenvalue weighted by Gasteiger charge is 2.27. The van der Waals surface area contributed by atoms with Gasteiger partial charge in [0.15, 0.2) is 5.82 Å². The Kier molecular flexibility index (Phi) is 5.48. The maximum atomic E-state index is 6.37. The Morgan fingerprint density at radius 3 is 2.70 bits per heavy atom. The number of anilines is 3. The first-order valence-electron chi connectivity index (χ1n) is 10.5. The zero-order valence-corrected chi connectivity index (χ0v) is 18.4. The molecule has 5 rings (SSSR count). The fraction of sp³-hybridized carbons (Fsp3) is 0.409. The third-order valence-electron chi connectivity index (χ3n) is 6.02. The van der Waals surface area contributed by atoms with Crippen LogP contribution < -0.4 is 15.5 Å². The van der Waals surface area contributed by atoms with E-state index in [0.29, 0.717) is 16.8 Å². The highest BCUT2D eigenvalue weighted by atomic mass is 35.5. The van der Waals surface area contributed by atoms with Crippen molar-refractivity contribution in [3.63, 3.8) is 0 Å². The van der Waals surface area contributed by atoms with E-state index in [2.05, 4.69) is 49.4 Å². The molecular weight excluding hydrogens is 416 g/mol. The van der Waals surface area contributed by atoms with Crippen molar-refractivity contribution >= 4 is 40.3 Å². The van der Waals surface area contributed by atoms with Crippen molar-refractivity contribution in [1.29, 1.82) is 0 Å². The first-order valence-corrected chi connectivity index (χ1v) is 11.8. The molecule has 2 aliphatic rings. The normalized spacial score (nSPS) is 19.4. The molecule has 1 unspecified atom stereocenters. The van der Waals surface area contributed by atoms with Gasteiger partial charge in [0.05, 0.1) is 10.7 Å². The number of hydrogen-bond acceptors (Lipinski definition) is 7. The van der Waals surface area contributed by atoms with Crippen LogP contribution in [0.4, 0.5) is 17.3 Å². The number of halogens is 1. The van der Waals surface area contributed by atoms with E-state index >= 15 is 0 Å². The van der Waals surface area contributed by atoms with Crippen molar-refractivity contribution in [3.05, 3.63) is 46.0 Å². The van der Waals surface area contributed by atoms with Crippen molar-refractivity contribution in [2.45, 2.75) is 31.6 Å². The van der Waals surface area contributed by atoms with Crippen LogP contribution in [0.1, 0.15) is 36.6 Å². The molecule has 2 N–H and O–H groups in total. The summed E-state index contributed by atoms with van der Waals surface area (Å²) in [5.74, 6) is 1.42. The van der Waals surface area contributed by atoms with E-state index in [9.17, 15) is 0 Å². The first kappa shape index (κ1) is 19.6. The molecule has 30 heavy (non-hydrogen) atoms. The molecule has 0 bridgehead atoms. The van der Waals surface area contributed by atoms with E-state index in [-0.39, 0.29) is 0 Å². The van der Waals surface area contributed by atoms with Gasteiger partial charge in [0.2, 0.25) is 0 Å². The lowest BCUT2D eigenvalue weighted by Crippen LogP contribution is -2.35. The summed E-state index contributed by atoms with van der Waals surface area (Å²) < 4.78 is 0. The molecule has 0 radical (unpaired) electrons. The van der Waals surface area contributed by atoms with E-state index < -0.39 is 0 Å². The third-order valence-corrected chi connectivity index (χ3v) is 7.39. The minimum Gasteiger partial charge on any atom is -0.382 e. The molecule has 1 aromatic carbocycles. The predicted molar refractivity (Wildman–Crippen MR) is 125 cm³/mol. The molecule has 1 atom stereocenters. The number of rotatable bonds is 4. The van der Waals surface area contributed by atoms with E-state index in [1.165, 1.54) is 35.4 Å². The van der Waals surface area contributed by atoms with Crippen molar-refractivity contribution in [3.8, 4) is 11.3 Å². The molecule has 0 amide bonds. The predicted octanol–water partition coefficient (Wildman–Crippen LogP) is 4.82. The molecule has 0 spiro atoms. The second kappa shape index (κ2) is 8.40. The molecule has 6 nitrogen and oxygen atoms in total. The van der Waals surface area contributed by atoms with Gasteiger partial charge in [-0.2, -0.15) is 0 Å². The Balaban J connectivity index is 1.39. The van der Waals surface area contributed by atoms with Gasteiger partial charge < -0.3 is 15.5 Å². The van der Waals surface area contributed by atoms with Gasteiger partial charge in [-0.1, -0.05) is 29.8 Å². The Bertz CT molecular complexity index is 1030. The second-order valence-electron chi connectivity index (χ2n) is 7.96. The highest BCUT2D eigenvalue weighted by molar-refractivity contribution is 7.10. The molecule has 0 aliphatic carbocycles. The van der Waals surface area contributed by atoms with Crippen molar-refractivity contribution in [2.75, 3.05) is 41.7 Å². The number of aromatic nitrogens is 3. The zero-order valence-electron chi connectivity index (χ0n) is 16.8. The van der Waals surface area contributed by atoms with Crippen molar-refractivity contribution < 1.29 is 0 Å². The monoisotopic (exact) mass is 440 g/mol. The molecule has 2 aliphatic heterocycles. The quantitative estimate of drug-likeness (QED) is 0.627. The minimum absolute atomic E-state index is 0.332. The first-order chi connectivity index (χ1) is 14.7. The maximum absolute atomic E-state index is 6.37. The Labute approximate surface area is 185 Å². The van der Waals surface area contributed by atoms with Crippen LogP contribution in [0.25, 0.3) is 11.3 Å². The standard InChI is InChI=1S/C22H25ClN6S/c23-19-20(24)25-14-26-21(19)29-11-5-6-15(12-29)22-27-17(13-30-22)16-7-1-2-8-18(16)28-9-3-4-10-28/h1-2,7-8,13-15H,3-6,9-12H2,(H2,24,25,26). The number of nitrogens with two attached hydrogens (primary N) is 1. The molecule has 0 saturated carbocycles. The molecule has 2 fully saturated rings. The summed E-state index contributed by atoms with van der Waals surface area (Å²) in [6.07, 6.45) is 6.21. The Morgan fingerprint density at radius 2 is 1.83 bits per heavy atom. The van der Waals surface area contributed by atoms with Gasteiger partial charge in [0, 0.05) is 48.7 Å². The lowest BCUT2D eigenvalue weighted by atomic mass is 9.98. The average molecular weight is 441 g/mol. The maximum Gasteiger partial charge on any atom is 0.153 e.